The third-order valence-electron chi connectivity index (χ3n) is 0.922. The predicted octanol–water partition coefficient (Wildman–Crippen LogP) is -1.65. The summed E-state index contributed by atoms with van der Waals surface area (Å²) >= 11 is 0. The highest BCUT2D eigenvalue weighted by Crippen LogP contribution is 1.94. The molecule has 0 radical (unpaired) electrons. The summed E-state index contributed by atoms with van der Waals surface area (Å²) in [5.41, 5.74) is 9.08. The highest BCUT2D eigenvalue weighted by molar-refractivity contribution is 7.79. The van der Waals surface area contributed by atoms with Crippen molar-refractivity contribution in [2.24, 2.45) is 11.5 Å². The third-order valence-corrected chi connectivity index (χ3v) is 0.922. The van der Waals surface area contributed by atoms with Crippen molar-refractivity contribution >= 4 is 10.4 Å². The van der Waals surface area contributed by atoms with Gasteiger partial charge in [-0.1, -0.05) is 0 Å². The van der Waals surface area contributed by atoms with Crippen LogP contribution in [0.2, 0.25) is 0 Å². The van der Waals surface area contributed by atoms with Crippen molar-refractivity contribution in [2.45, 2.75) is 25.6 Å². The van der Waals surface area contributed by atoms with Gasteiger partial charge in [0.25, 0.3) is 0 Å². The summed E-state index contributed by atoms with van der Waals surface area (Å²) in [5, 5.41) is 8.75. The summed E-state index contributed by atoms with van der Waals surface area (Å²) in [4.78, 5) is 0. The zero-order valence-corrected chi connectivity index (χ0v) is 7.61. The molecule has 2 unspecified atom stereocenters. The lowest BCUT2D eigenvalue weighted by molar-refractivity contribution is 0.0453. The molecule has 0 aliphatic heterocycles. The Hall–Kier alpha value is -0.250. The standard InChI is InChI=1S/C4H12N2O.H2O4S/c1-3(5)4(2,6)7;1-5(2,3)4/h3,7H,5-6H2,1-2H3;(H2,1,2,3,4). The van der Waals surface area contributed by atoms with Crippen LogP contribution in [0.1, 0.15) is 13.8 Å². The molecule has 0 rings (SSSR count). The first-order valence-corrected chi connectivity index (χ1v) is 4.31. The zero-order chi connectivity index (χ0) is 10.6. The summed E-state index contributed by atoms with van der Waals surface area (Å²) in [7, 11) is -4.67. The lowest BCUT2D eigenvalue weighted by Crippen LogP contribution is -2.50. The van der Waals surface area contributed by atoms with Crippen LogP contribution >= 0.6 is 0 Å². The van der Waals surface area contributed by atoms with E-state index >= 15 is 0 Å². The van der Waals surface area contributed by atoms with Crippen molar-refractivity contribution in [2.75, 3.05) is 0 Å². The molecule has 0 aliphatic rings. The van der Waals surface area contributed by atoms with Crippen LogP contribution in [0, 0.1) is 0 Å². The molecular formula is C4H14N2O5S. The Labute approximate surface area is 70.9 Å². The Bertz CT molecular complexity index is 196. The Morgan fingerprint density at radius 1 is 1.42 bits per heavy atom. The summed E-state index contributed by atoms with van der Waals surface area (Å²) in [6, 6.07) is -0.368. The fourth-order valence-electron chi connectivity index (χ4n) is 0. The number of hydrogen-bond donors (Lipinski definition) is 5. The van der Waals surface area contributed by atoms with Gasteiger partial charge in [-0.05, 0) is 13.8 Å². The van der Waals surface area contributed by atoms with E-state index in [4.69, 9.17) is 34.1 Å². The van der Waals surface area contributed by atoms with Gasteiger partial charge in [0.15, 0.2) is 0 Å². The van der Waals surface area contributed by atoms with E-state index in [9.17, 15) is 0 Å². The molecule has 12 heavy (non-hydrogen) atoms. The number of nitrogens with two attached hydrogens (primary N) is 2. The molecule has 0 heterocycles. The quantitative estimate of drug-likeness (QED) is 0.253. The van der Waals surface area contributed by atoms with E-state index in [1.54, 1.807) is 6.92 Å². The Balaban J connectivity index is 0. The second-order valence-electron chi connectivity index (χ2n) is 2.46. The van der Waals surface area contributed by atoms with Crippen LogP contribution in [0.15, 0.2) is 0 Å². The minimum atomic E-state index is -4.67. The molecule has 0 aromatic carbocycles. The van der Waals surface area contributed by atoms with Gasteiger partial charge in [-0.25, -0.2) is 0 Å². The Kier molecular flexibility index (Phi) is 5.59. The largest absolute Gasteiger partial charge is 0.394 e. The second-order valence-corrected chi connectivity index (χ2v) is 3.36. The number of hydrogen-bond acceptors (Lipinski definition) is 5. The van der Waals surface area contributed by atoms with E-state index in [0.29, 0.717) is 0 Å². The van der Waals surface area contributed by atoms with Gasteiger partial charge in [0.05, 0.1) is 0 Å². The first-order valence-electron chi connectivity index (χ1n) is 2.91. The predicted molar refractivity (Wildman–Crippen MR) is 42.6 cm³/mol. The van der Waals surface area contributed by atoms with Crippen molar-refractivity contribution in [3.8, 4) is 0 Å². The molecule has 0 amide bonds. The van der Waals surface area contributed by atoms with Crippen LogP contribution in [0.4, 0.5) is 0 Å². The first kappa shape index (κ1) is 14.3. The van der Waals surface area contributed by atoms with E-state index in [0.717, 1.165) is 0 Å². The van der Waals surface area contributed by atoms with Crippen LogP contribution in [-0.2, 0) is 10.4 Å². The monoisotopic (exact) mass is 202 g/mol. The van der Waals surface area contributed by atoms with E-state index in [1.165, 1.54) is 6.92 Å². The van der Waals surface area contributed by atoms with Gasteiger partial charge < -0.3 is 16.6 Å². The van der Waals surface area contributed by atoms with Crippen molar-refractivity contribution in [1.82, 2.24) is 0 Å². The van der Waals surface area contributed by atoms with Gasteiger partial charge in [-0.15, -0.1) is 0 Å². The van der Waals surface area contributed by atoms with Crippen LogP contribution in [0.5, 0.6) is 0 Å². The maximum atomic E-state index is 8.75. The van der Waals surface area contributed by atoms with Gasteiger partial charge in [-0.2, -0.15) is 8.42 Å². The number of rotatable bonds is 1. The lowest BCUT2D eigenvalue weighted by atomic mass is 10.1. The van der Waals surface area contributed by atoms with E-state index < -0.39 is 16.1 Å². The minimum absolute atomic E-state index is 0.368. The van der Waals surface area contributed by atoms with E-state index in [1.807, 2.05) is 0 Å². The average molecular weight is 202 g/mol. The normalized spacial score (nSPS) is 18.6. The van der Waals surface area contributed by atoms with Gasteiger partial charge in [0.2, 0.25) is 0 Å². The summed E-state index contributed by atoms with van der Waals surface area (Å²) < 4.78 is 31.6. The second kappa shape index (κ2) is 4.70. The molecule has 0 fully saturated rings. The van der Waals surface area contributed by atoms with Crippen molar-refractivity contribution in [3.05, 3.63) is 0 Å². The van der Waals surface area contributed by atoms with Gasteiger partial charge >= 0.3 is 10.4 Å². The SMILES string of the molecule is CC(N)C(C)(N)O.O=S(=O)(O)O. The number of aliphatic hydroxyl groups is 1. The molecular weight excluding hydrogens is 188 g/mol. The molecule has 7 nitrogen and oxygen atoms in total. The maximum Gasteiger partial charge on any atom is 0.394 e. The summed E-state index contributed by atoms with van der Waals surface area (Å²) in [6.45, 7) is 3.12. The first-order chi connectivity index (χ1) is 4.94. The minimum Gasteiger partial charge on any atom is -0.375 e. The van der Waals surface area contributed by atoms with Gasteiger partial charge in [0, 0.05) is 6.04 Å². The summed E-state index contributed by atoms with van der Waals surface area (Å²) in [6.07, 6.45) is 0. The van der Waals surface area contributed by atoms with Crippen LogP contribution in [0.25, 0.3) is 0 Å². The smallest absolute Gasteiger partial charge is 0.375 e. The van der Waals surface area contributed by atoms with Crippen LogP contribution < -0.4 is 11.5 Å². The molecule has 7 N–H and O–H groups in total. The van der Waals surface area contributed by atoms with E-state index in [-0.39, 0.29) is 6.04 Å². The van der Waals surface area contributed by atoms with Crippen molar-refractivity contribution in [3.63, 3.8) is 0 Å². The summed E-state index contributed by atoms with van der Waals surface area (Å²) in [5.74, 6) is 0. The molecule has 0 saturated carbocycles. The molecule has 8 heteroatoms. The average Bonchev–Trinajstić information content (AvgIpc) is 1.55. The third kappa shape index (κ3) is 22.6. The Morgan fingerprint density at radius 3 is 1.50 bits per heavy atom. The fourth-order valence-corrected chi connectivity index (χ4v) is 0. The van der Waals surface area contributed by atoms with Crippen LogP contribution in [-0.4, -0.2) is 34.4 Å². The molecule has 0 saturated heterocycles. The van der Waals surface area contributed by atoms with Crippen LogP contribution in [0.3, 0.4) is 0 Å². The van der Waals surface area contributed by atoms with Crippen molar-refractivity contribution in [1.29, 1.82) is 0 Å². The highest BCUT2D eigenvalue weighted by Gasteiger charge is 2.17. The topological polar surface area (TPSA) is 147 Å². The highest BCUT2D eigenvalue weighted by atomic mass is 32.3. The molecule has 0 spiro atoms. The molecule has 0 aromatic heterocycles. The van der Waals surface area contributed by atoms with Gasteiger partial charge in [-0.3, -0.25) is 9.11 Å². The Morgan fingerprint density at radius 2 is 1.50 bits per heavy atom. The zero-order valence-electron chi connectivity index (χ0n) is 6.80. The van der Waals surface area contributed by atoms with Gasteiger partial charge in [0.1, 0.15) is 5.72 Å². The molecule has 0 aliphatic carbocycles. The lowest BCUT2D eigenvalue weighted by Gasteiger charge is -2.20. The maximum absolute atomic E-state index is 8.75. The molecule has 76 valence electrons. The van der Waals surface area contributed by atoms with E-state index in [2.05, 4.69) is 0 Å². The fraction of sp³-hybridized carbons (Fsp3) is 1.00. The molecule has 2 atom stereocenters. The molecule has 0 bridgehead atoms. The van der Waals surface area contributed by atoms with Crippen molar-refractivity contribution < 1.29 is 22.6 Å². The molecule has 0 aromatic rings.